The number of benzene rings is 1. The minimum atomic E-state index is -3.73. The second kappa shape index (κ2) is 8.93. The maximum Gasteiger partial charge on any atom is 0.243 e. The number of Topliss-reactive ketones (excluding diaryl/α,β-unsaturated/α-hetero) is 1. The lowest BCUT2D eigenvalue weighted by atomic mass is 10.2. The summed E-state index contributed by atoms with van der Waals surface area (Å²) in [5, 5.41) is 8.50. The van der Waals surface area contributed by atoms with Crippen LogP contribution in [0.15, 0.2) is 29.2 Å². The fourth-order valence-corrected chi connectivity index (χ4v) is 5.79. The van der Waals surface area contributed by atoms with Crippen LogP contribution in [0.5, 0.6) is 0 Å². The number of unbranched alkanes of at least 4 members (excludes halogenated alkanes) is 2. The van der Waals surface area contributed by atoms with Crippen LogP contribution in [0.3, 0.4) is 0 Å². The van der Waals surface area contributed by atoms with Crippen molar-refractivity contribution in [3.63, 3.8) is 0 Å². The van der Waals surface area contributed by atoms with E-state index in [9.17, 15) is 21.6 Å². The van der Waals surface area contributed by atoms with Crippen LogP contribution in [-0.2, 0) is 20.0 Å². The highest BCUT2D eigenvalue weighted by Gasteiger charge is 2.32. The van der Waals surface area contributed by atoms with Gasteiger partial charge in [-0.2, -0.15) is 13.9 Å². The number of nitrogens with zero attached hydrogens (tertiary/aromatic N) is 3. The SMILES string of the molecule is CC(=O)c1ccc(S(=O)(=O)N2CCN(S(=O)(=O)CCCCC#N)CC2)cc1. The van der Waals surface area contributed by atoms with E-state index in [2.05, 4.69) is 0 Å². The molecule has 1 saturated heterocycles. The Morgan fingerprint density at radius 1 is 1.00 bits per heavy atom. The molecule has 1 aromatic carbocycles. The molecule has 0 atom stereocenters. The summed E-state index contributed by atoms with van der Waals surface area (Å²) in [5.74, 6) is -0.180. The molecule has 0 bridgehead atoms. The van der Waals surface area contributed by atoms with Crippen molar-refractivity contribution in [1.29, 1.82) is 5.26 Å². The molecule has 1 aliphatic heterocycles. The molecule has 0 N–H and O–H groups in total. The number of piperazine rings is 1. The molecule has 1 aromatic rings. The molecule has 0 amide bonds. The summed E-state index contributed by atoms with van der Waals surface area (Å²) >= 11 is 0. The van der Waals surface area contributed by atoms with Gasteiger partial charge in [0, 0.05) is 38.2 Å². The minimum Gasteiger partial charge on any atom is -0.295 e. The van der Waals surface area contributed by atoms with Gasteiger partial charge >= 0.3 is 0 Å². The minimum absolute atomic E-state index is 0.0338. The van der Waals surface area contributed by atoms with Gasteiger partial charge in [0.1, 0.15) is 0 Å². The zero-order chi connectivity index (χ0) is 20.1. The van der Waals surface area contributed by atoms with Crippen LogP contribution in [0.25, 0.3) is 0 Å². The Hall–Kier alpha value is -1.80. The molecule has 0 saturated carbocycles. The normalized spacial score (nSPS) is 16.7. The van der Waals surface area contributed by atoms with E-state index < -0.39 is 20.0 Å². The van der Waals surface area contributed by atoms with Crippen molar-refractivity contribution in [3.8, 4) is 6.07 Å². The van der Waals surface area contributed by atoms with Gasteiger partial charge < -0.3 is 0 Å². The first-order valence-corrected chi connectivity index (χ1v) is 11.7. The van der Waals surface area contributed by atoms with Crippen molar-refractivity contribution in [2.24, 2.45) is 0 Å². The molecule has 2 rings (SSSR count). The Morgan fingerprint density at radius 3 is 2.07 bits per heavy atom. The summed E-state index contributed by atoms with van der Waals surface area (Å²) in [5.41, 5.74) is 0.432. The second-order valence-electron chi connectivity index (χ2n) is 6.31. The Balaban J connectivity index is 1.99. The molecule has 1 aliphatic rings. The lowest BCUT2D eigenvalue weighted by Crippen LogP contribution is -2.50. The molecule has 0 unspecified atom stereocenters. The van der Waals surface area contributed by atoms with E-state index >= 15 is 0 Å². The van der Waals surface area contributed by atoms with Crippen LogP contribution < -0.4 is 0 Å². The number of carbonyl (C=O) groups is 1. The quantitative estimate of drug-likeness (QED) is 0.467. The van der Waals surface area contributed by atoms with Crippen LogP contribution >= 0.6 is 0 Å². The Labute approximate surface area is 160 Å². The maximum absolute atomic E-state index is 12.7. The molecule has 27 heavy (non-hydrogen) atoms. The van der Waals surface area contributed by atoms with Gasteiger partial charge in [-0.3, -0.25) is 4.79 Å². The predicted molar refractivity (Wildman–Crippen MR) is 100 cm³/mol. The van der Waals surface area contributed by atoms with Crippen molar-refractivity contribution in [2.45, 2.75) is 31.1 Å². The van der Waals surface area contributed by atoms with Gasteiger partial charge in [-0.15, -0.1) is 0 Å². The molecular weight excluding hydrogens is 390 g/mol. The standard InChI is InChI=1S/C17H23N3O5S2/c1-15(21)16-5-7-17(8-6-16)27(24,25)20-12-10-19(11-13-20)26(22,23)14-4-2-3-9-18/h5-8H,2-4,10-14H2,1H3. The van der Waals surface area contributed by atoms with E-state index in [-0.39, 0.29) is 42.6 Å². The third-order valence-corrected chi connectivity index (χ3v) is 8.30. The van der Waals surface area contributed by atoms with Crippen molar-refractivity contribution < 1.29 is 21.6 Å². The van der Waals surface area contributed by atoms with Crippen LogP contribution in [0.1, 0.15) is 36.5 Å². The summed E-state index contributed by atoms with van der Waals surface area (Å²) in [7, 11) is -7.18. The molecule has 0 aliphatic carbocycles. The van der Waals surface area contributed by atoms with E-state index in [1.807, 2.05) is 6.07 Å². The molecule has 0 radical (unpaired) electrons. The largest absolute Gasteiger partial charge is 0.295 e. The summed E-state index contributed by atoms with van der Waals surface area (Å²) < 4.78 is 52.6. The molecule has 0 spiro atoms. The third-order valence-electron chi connectivity index (χ3n) is 4.43. The van der Waals surface area contributed by atoms with Crippen LogP contribution in [0, 0.1) is 11.3 Å². The van der Waals surface area contributed by atoms with Gasteiger partial charge in [0.2, 0.25) is 20.0 Å². The monoisotopic (exact) mass is 413 g/mol. The van der Waals surface area contributed by atoms with Crippen molar-refractivity contribution >= 4 is 25.8 Å². The van der Waals surface area contributed by atoms with E-state index in [1.165, 1.54) is 39.8 Å². The van der Waals surface area contributed by atoms with Gasteiger partial charge in [-0.1, -0.05) is 12.1 Å². The average Bonchev–Trinajstić information content (AvgIpc) is 2.65. The smallest absolute Gasteiger partial charge is 0.243 e. The average molecular weight is 414 g/mol. The summed E-state index contributed by atoms with van der Waals surface area (Å²) in [6.07, 6.45) is 1.27. The number of hydrogen-bond acceptors (Lipinski definition) is 6. The third kappa shape index (κ3) is 5.35. The van der Waals surface area contributed by atoms with E-state index in [0.717, 1.165) is 0 Å². The van der Waals surface area contributed by atoms with E-state index in [0.29, 0.717) is 24.8 Å². The lowest BCUT2D eigenvalue weighted by molar-refractivity contribution is 0.101. The Bertz CT molecular complexity index is 910. The number of sulfonamides is 2. The first kappa shape index (κ1) is 21.5. The number of carbonyl (C=O) groups excluding carboxylic acids is 1. The number of hydrogen-bond donors (Lipinski definition) is 0. The molecule has 1 heterocycles. The molecule has 148 valence electrons. The number of nitriles is 1. The Kier molecular flexibility index (Phi) is 7.11. The topological polar surface area (TPSA) is 116 Å². The zero-order valence-electron chi connectivity index (χ0n) is 15.2. The highest BCUT2D eigenvalue weighted by molar-refractivity contribution is 7.89. The zero-order valence-corrected chi connectivity index (χ0v) is 16.8. The van der Waals surface area contributed by atoms with E-state index in [4.69, 9.17) is 5.26 Å². The summed E-state index contributed by atoms with van der Waals surface area (Å²) in [6, 6.07) is 7.71. The summed E-state index contributed by atoms with van der Waals surface area (Å²) in [6.45, 7) is 1.77. The fraction of sp³-hybridized carbons (Fsp3) is 0.529. The molecular formula is C17H23N3O5S2. The Morgan fingerprint density at radius 2 is 1.56 bits per heavy atom. The predicted octanol–water partition coefficient (Wildman–Crippen LogP) is 1.22. The van der Waals surface area contributed by atoms with Gasteiger partial charge in [-0.05, 0) is 31.9 Å². The molecule has 8 nitrogen and oxygen atoms in total. The van der Waals surface area contributed by atoms with Gasteiger partial charge in [0.05, 0.1) is 16.7 Å². The number of rotatable bonds is 8. The van der Waals surface area contributed by atoms with Crippen LogP contribution in [0.2, 0.25) is 0 Å². The fourth-order valence-electron chi connectivity index (χ4n) is 2.82. The second-order valence-corrected chi connectivity index (χ2v) is 10.3. The van der Waals surface area contributed by atoms with Crippen molar-refractivity contribution in [1.82, 2.24) is 8.61 Å². The molecule has 0 aromatic heterocycles. The molecule has 10 heteroatoms. The first-order chi connectivity index (χ1) is 12.7. The van der Waals surface area contributed by atoms with Crippen LogP contribution in [-0.4, -0.2) is 63.2 Å². The number of ketones is 1. The molecule has 1 fully saturated rings. The van der Waals surface area contributed by atoms with Crippen molar-refractivity contribution in [3.05, 3.63) is 29.8 Å². The highest BCUT2D eigenvalue weighted by Crippen LogP contribution is 2.20. The maximum atomic E-state index is 12.7. The van der Waals surface area contributed by atoms with Gasteiger partial charge in [-0.25, -0.2) is 16.8 Å². The van der Waals surface area contributed by atoms with Gasteiger partial charge in [0.15, 0.2) is 5.78 Å². The van der Waals surface area contributed by atoms with Crippen LogP contribution in [0.4, 0.5) is 0 Å². The van der Waals surface area contributed by atoms with Gasteiger partial charge in [0.25, 0.3) is 0 Å². The van der Waals surface area contributed by atoms with E-state index in [1.54, 1.807) is 0 Å². The highest BCUT2D eigenvalue weighted by atomic mass is 32.2. The van der Waals surface area contributed by atoms with Crippen molar-refractivity contribution in [2.75, 3.05) is 31.9 Å². The first-order valence-electron chi connectivity index (χ1n) is 8.64. The lowest BCUT2D eigenvalue weighted by Gasteiger charge is -2.33. The summed E-state index contributed by atoms with van der Waals surface area (Å²) in [4.78, 5) is 11.4.